The van der Waals surface area contributed by atoms with E-state index in [1.54, 1.807) is 6.07 Å². The third-order valence-corrected chi connectivity index (χ3v) is 5.73. The fraction of sp³-hybridized carbons (Fsp3) is 0.667. The highest BCUT2D eigenvalue weighted by molar-refractivity contribution is 5.80. The van der Waals surface area contributed by atoms with Gasteiger partial charge in [0, 0.05) is 32.2 Å². The quantitative estimate of drug-likeness (QED) is 0.513. The molecular weight excluding hydrogens is 362 g/mol. The molecule has 1 aromatic carbocycles. The van der Waals surface area contributed by atoms with Crippen molar-refractivity contribution in [1.82, 2.24) is 15.5 Å². The lowest BCUT2D eigenvalue weighted by atomic mass is 10.0. The van der Waals surface area contributed by atoms with E-state index in [4.69, 9.17) is 0 Å². The molecule has 0 bridgehead atoms. The Bertz CT molecular complexity index is 668. The van der Waals surface area contributed by atoms with Crippen LogP contribution in [-0.2, 0) is 6.54 Å². The molecule has 1 saturated heterocycles. The molecule has 5 nitrogen and oxygen atoms in total. The highest BCUT2D eigenvalue weighted by Crippen LogP contribution is 2.29. The second-order valence-electron chi connectivity index (χ2n) is 8.07. The molecule has 7 heteroatoms. The molecule has 1 saturated carbocycles. The average molecular weight is 395 g/mol. The summed E-state index contributed by atoms with van der Waals surface area (Å²) in [5.41, 5.74) is 0.154. The third-order valence-electron chi connectivity index (χ3n) is 5.73. The van der Waals surface area contributed by atoms with Crippen LogP contribution in [0.3, 0.4) is 0 Å². The first-order valence-corrected chi connectivity index (χ1v) is 10.4. The molecule has 2 fully saturated rings. The second-order valence-corrected chi connectivity index (χ2v) is 8.07. The van der Waals surface area contributed by atoms with Crippen LogP contribution in [0.15, 0.2) is 23.2 Å². The van der Waals surface area contributed by atoms with Crippen molar-refractivity contribution in [2.75, 3.05) is 26.2 Å². The molecule has 0 unspecified atom stereocenters. The first-order chi connectivity index (χ1) is 13.5. The van der Waals surface area contributed by atoms with Crippen molar-refractivity contribution in [1.29, 1.82) is 0 Å². The van der Waals surface area contributed by atoms with Crippen LogP contribution in [0.5, 0.6) is 0 Å². The minimum absolute atomic E-state index is 0.317. The molecule has 0 amide bonds. The Labute approximate surface area is 166 Å². The Kier molecular flexibility index (Phi) is 7.24. The van der Waals surface area contributed by atoms with Crippen molar-refractivity contribution in [3.63, 3.8) is 0 Å². The van der Waals surface area contributed by atoms with Gasteiger partial charge in [-0.15, -0.1) is 0 Å². The van der Waals surface area contributed by atoms with Crippen LogP contribution in [0, 0.1) is 11.6 Å². The van der Waals surface area contributed by atoms with Gasteiger partial charge in [-0.25, -0.2) is 8.78 Å². The van der Waals surface area contributed by atoms with Crippen molar-refractivity contribution in [3.05, 3.63) is 35.4 Å². The number of guanidine groups is 1. The van der Waals surface area contributed by atoms with Gasteiger partial charge in [0.05, 0.1) is 12.1 Å². The number of piperidine rings is 1. The van der Waals surface area contributed by atoms with E-state index in [0.717, 1.165) is 69.7 Å². The third kappa shape index (κ3) is 5.88. The Morgan fingerprint density at radius 1 is 1.21 bits per heavy atom. The molecule has 1 heterocycles. The number of benzene rings is 1. The lowest BCUT2D eigenvalue weighted by molar-refractivity contribution is 0.0573. The molecule has 3 N–H and O–H groups in total. The minimum Gasteiger partial charge on any atom is -0.388 e. The number of hydrogen-bond acceptors (Lipinski definition) is 3. The molecule has 0 aromatic heterocycles. The topological polar surface area (TPSA) is 59.9 Å². The Morgan fingerprint density at radius 2 is 1.93 bits per heavy atom. The van der Waals surface area contributed by atoms with Crippen LogP contribution in [0.25, 0.3) is 0 Å². The largest absolute Gasteiger partial charge is 0.388 e. The molecule has 1 aliphatic heterocycles. The molecule has 156 valence electrons. The first-order valence-electron chi connectivity index (χ1n) is 10.4. The van der Waals surface area contributed by atoms with Crippen LogP contribution >= 0.6 is 0 Å². The molecule has 0 atom stereocenters. The molecular formula is C21H32F2N4O. The van der Waals surface area contributed by atoms with Crippen LogP contribution in [0.1, 0.15) is 51.0 Å². The van der Waals surface area contributed by atoms with Crippen LogP contribution < -0.4 is 10.6 Å². The zero-order valence-corrected chi connectivity index (χ0v) is 16.7. The maximum atomic E-state index is 13.4. The van der Waals surface area contributed by atoms with Gasteiger partial charge in [0.25, 0.3) is 0 Å². The molecule has 3 rings (SSSR count). The number of hydrogen-bond donors (Lipinski definition) is 3. The van der Waals surface area contributed by atoms with Crippen LogP contribution in [0.4, 0.5) is 8.78 Å². The van der Waals surface area contributed by atoms with Gasteiger partial charge in [-0.3, -0.25) is 9.89 Å². The lowest BCUT2D eigenvalue weighted by Crippen LogP contribution is -2.49. The molecule has 0 spiro atoms. The van der Waals surface area contributed by atoms with E-state index in [1.807, 2.05) is 6.92 Å². The normalized spacial score (nSPS) is 21.1. The molecule has 28 heavy (non-hydrogen) atoms. The summed E-state index contributed by atoms with van der Waals surface area (Å²) >= 11 is 0. The molecule has 0 radical (unpaired) electrons. The SMILES string of the molecule is CCNC(=NCC1(O)CCCC1)NC1CCN(Cc2ccc(F)c(F)c2)CC1. The van der Waals surface area contributed by atoms with E-state index in [1.165, 1.54) is 12.1 Å². The van der Waals surface area contributed by atoms with E-state index in [-0.39, 0.29) is 0 Å². The summed E-state index contributed by atoms with van der Waals surface area (Å²) in [5, 5.41) is 17.3. The smallest absolute Gasteiger partial charge is 0.191 e. The van der Waals surface area contributed by atoms with Gasteiger partial charge in [-0.05, 0) is 50.3 Å². The van der Waals surface area contributed by atoms with Gasteiger partial charge in [-0.1, -0.05) is 18.9 Å². The maximum absolute atomic E-state index is 13.4. The van der Waals surface area contributed by atoms with Gasteiger partial charge in [-0.2, -0.15) is 0 Å². The van der Waals surface area contributed by atoms with Crippen LogP contribution in [-0.4, -0.2) is 53.8 Å². The average Bonchev–Trinajstić information content (AvgIpc) is 3.11. The summed E-state index contributed by atoms with van der Waals surface area (Å²) in [6, 6.07) is 4.43. The molecule has 1 aromatic rings. The summed E-state index contributed by atoms with van der Waals surface area (Å²) in [6.07, 6.45) is 5.73. The van der Waals surface area contributed by atoms with Gasteiger partial charge in [0.15, 0.2) is 17.6 Å². The fourth-order valence-electron chi connectivity index (χ4n) is 4.06. The fourth-order valence-corrected chi connectivity index (χ4v) is 4.06. The van der Waals surface area contributed by atoms with Crippen molar-refractivity contribution in [2.45, 2.75) is 63.6 Å². The Hall–Kier alpha value is -1.73. The summed E-state index contributed by atoms with van der Waals surface area (Å²) in [4.78, 5) is 6.88. The number of rotatable bonds is 6. The number of nitrogens with zero attached hydrogens (tertiary/aromatic N) is 2. The molecule has 2 aliphatic rings. The van der Waals surface area contributed by atoms with Gasteiger partial charge in [0.1, 0.15) is 0 Å². The number of halogens is 2. The van der Waals surface area contributed by atoms with Crippen molar-refractivity contribution in [2.24, 2.45) is 4.99 Å². The van der Waals surface area contributed by atoms with Crippen molar-refractivity contribution >= 4 is 5.96 Å². The highest BCUT2D eigenvalue weighted by atomic mass is 19.2. The summed E-state index contributed by atoms with van der Waals surface area (Å²) in [7, 11) is 0. The van der Waals surface area contributed by atoms with Gasteiger partial charge in [0.2, 0.25) is 0 Å². The highest BCUT2D eigenvalue weighted by Gasteiger charge is 2.31. The number of likely N-dealkylation sites (tertiary alicyclic amines) is 1. The Morgan fingerprint density at radius 3 is 2.57 bits per heavy atom. The van der Waals surface area contributed by atoms with E-state index in [9.17, 15) is 13.9 Å². The van der Waals surface area contributed by atoms with Crippen molar-refractivity contribution < 1.29 is 13.9 Å². The van der Waals surface area contributed by atoms with E-state index >= 15 is 0 Å². The first kappa shape index (κ1) is 21.0. The van der Waals surface area contributed by atoms with E-state index in [2.05, 4.69) is 20.5 Å². The van der Waals surface area contributed by atoms with Crippen molar-refractivity contribution in [3.8, 4) is 0 Å². The summed E-state index contributed by atoms with van der Waals surface area (Å²) in [5.74, 6) is -0.824. The second kappa shape index (κ2) is 9.65. The maximum Gasteiger partial charge on any atom is 0.191 e. The zero-order valence-electron chi connectivity index (χ0n) is 16.7. The number of aliphatic imine (C=N–C) groups is 1. The van der Waals surface area contributed by atoms with Gasteiger partial charge < -0.3 is 15.7 Å². The monoisotopic (exact) mass is 394 g/mol. The standard InChI is InChI=1S/C21H32F2N4O/c1-2-24-20(25-15-21(28)9-3-4-10-21)26-17-7-11-27(12-8-17)14-16-5-6-18(22)19(23)13-16/h5-6,13,17,28H,2-4,7-12,14-15H2,1H3,(H2,24,25,26). The van der Waals surface area contributed by atoms with Gasteiger partial charge >= 0.3 is 0 Å². The number of nitrogens with one attached hydrogen (secondary N) is 2. The predicted molar refractivity (Wildman–Crippen MR) is 107 cm³/mol. The Balaban J connectivity index is 1.48. The van der Waals surface area contributed by atoms with E-state index < -0.39 is 17.2 Å². The summed E-state index contributed by atoms with van der Waals surface area (Å²) in [6.45, 7) is 5.66. The van der Waals surface area contributed by atoms with Crippen LogP contribution in [0.2, 0.25) is 0 Å². The molecule has 1 aliphatic carbocycles. The summed E-state index contributed by atoms with van der Waals surface area (Å²) < 4.78 is 26.5. The predicted octanol–water partition coefficient (Wildman–Crippen LogP) is 2.79. The lowest BCUT2D eigenvalue weighted by Gasteiger charge is -2.33. The number of aliphatic hydroxyl groups is 1. The zero-order chi connectivity index (χ0) is 20.0. The van der Waals surface area contributed by atoms with E-state index in [0.29, 0.717) is 19.1 Å². The minimum atomic E-state index is -0.802.